The van der Waals surface area contributed by atoms with Crippen molar-refractivity contribution in [2.45, 2.75) is 0 Å². The molecule has 118 valence electrons. The summed E-state index contributed by atoms with van der Waals surface area (Å²) < 4.78 is 5.07. The van der Waals surface area contributed by atoms with Gasteiger partial charge in [-0.15, -0.1) is 0 Å². The number of hydrogen-bond donors (Lipinski definition) is 3. The van der Waals surface area contributed by atoms with E-state index < -0.39 is 0 Å². The molecular formula is C17H16N2O3S. The van der Waals surface area contributed by atoms with Crippen LogP contribution in [-0.4, -0.2) is 23.2 Å². The second-order valence-electron chi connectivity index (χ2n) is 4.60. The quantitative estimate of drug-likeness (QED) is 0.595. The minimum atomic E-state index is -0.349. The lowest BCUT2D eigenvalue weighted by Gasteiger charge is -2.08. The van der Waals surface area contributed by atoms with Gasteiger partial charge in [-0.3, -0.25) is 10.1 Å². The number of thiocarbonyl (C=S) groups is 1. The number of anilines is 1. The molecule has 2 rings (SSSR count). The summed E-state index contributed by atoms with van der Waals surface area (Å²) in [7, 11) is 1.60. The average Bonchev–Trinajstić information content (AvgIpc) is 2.53. The van der Waals surface area contributed by atoms with Gasteiger partial charge >= 0.3 is 0 Å². The Hall–Kier alpha value is -2.86. The van der Waals surface area contributed by atoms with E-state index in [0.29, 0.717) is 5.69 Å². The molecule has 0 saturated carbocycles. The number of carbonyl (C=O) groups is 1. The van der Waals surface area contributed by atoms with Gasteiger partial charge in [-0.25, -0.2) is 0 Å². The fraction of sp³-hybridized carbons (Fsp3) is 0.0588. The second kappa shape index (κ2) is 7.95. The number of phenolic OH excluding ortho intramolecular Hbond substituents is 1. The summed E-state index contributed by atoms with van der Waals surface area (Å²) in [6.07, 6.45) is 3.06. The number of aromatic hydroxyl groups is 1. The molecule has 0 aliphatic heterocycles. The molecule has 1 amide bonds. The van der Waals surface area contributed by atoms with E-state index in [1.54, 1.807) is 31.4 Å². The molecule has 0 radical (unpaired) electrons. The van der Waals surface area contributed by atoms with Crippen LogP contribution in [-0.2, 0) is 4.79 Å². The third-order valence-electron chi connectivity index (χ3n) is 2.88. The Bertz CT molecular complexity index is 727. The van der Waals surface area contributed by atoms with E-state index in [0.717, 1.165) is 11.3 Å². The molecule has 0 bridgehead atoms. The summed E-state index contributed by atoms with van der Waals surface area (Å²) >= 11 is 5.04. The minimum Gasteiger partial charge on any atom is -0.508 e. The van der Waals surface area contributed by atoms with Crippen LogP contribution in [0.15, 0.2) is 54.6 Å². The number of benzene rings is 2. The fourth-order valence-corrected chi connectivity index (χ4v) is 2.00. The molecule has 0 aliphatic rings. The van der Waals surface area contributed by atoms with Gasteiger partial charge in [0.25, 0.3) is 0 Å². The lowest BCUT2D eigenvalue weighted by molar-refractivity contribution is -0.115. The van der Waals surface area contributed by atoms with E-state index in [2.05, 4.69) is 10.6 Å². The Morgan fingerprint density at radius 2 is 1.96 bits per heavy atom. The Morgan fingerprint density at radius 3 is 2.61 bits per heavy atom. The predicted octanol–water partition coefficient (Wildman–Crippen LogP) is 2.93. The number of phenols is 1. The zero-order valence-corrected chi connectivity index (χ0v) is 13.3. The third kappa shape index (κ3) is 5.44. The van der Waals surface area contributed by atoms with Gasteiger partial charge in [0.05, 0.1) is 7.11 Å². The molecule has 0 aromatic heterocycles. The third-order valence-corrected chi connectivity index (χ3v) is 3.09. The molecule has 0 fully saturated rings. The zero-order valence-electron chi connectivity index (χ0n) is 12.4. The lowest BCUT2D eigenvalue weighted by Crippen LogP contribution is -2.32. The molecule has 2 aromatic carbocycles. The fourth-order valence-electron chi connectivity index (χ4n) is 1.79. The van der Waals surface area contributed by atoms with Crippen LogP contribution in [0.1, 0.15) is 5.56 Å². The number of ether oxygens (including phenoxy) is 1. The smallest absolute Gasteiger partial charge is 0.250 e. The summed E-state index contributed by atoms with van der Waals surface area (Å²) in [5.74, 6) is 0.519. The van der Waals surface area contributed by atoms with Crippen molar-refractivity contribution in [3.05, 3.63) is 60.2 Å². The number of rotatable bonds is 4. The van der Waals surface area contributed by atoms with Crippen LogP contribution in [0.5, 0.6) is 11.5 Å². The van der Waals surface area contributed by atoms with Crippen molar-refractivity contribution in [2.75, 3.05) is 12.4 Å². The Labute approximate surface area is 139 Å². The van der Waals surface area contributed by atoms with Crippen LogP contribution in [0.25, 0.3) is 6.08 Å². The standard InChI is InChI=1S/C17H16N2O3S/c1-22-15-8-5-12(6-9-15)7-10-16(21)19-17(23)18-13-3-2-4-14(20)11-13/h2-11,20H,1H3,(H2,18,19,21,23). The van der Waals surface area contributed by atoms with Crippen molar-refractivity contribution in [2.24, 2.45) is 0 Å². The highest BCUT2D eigenvalue weighted by Crippen LogP contribution is 2.15. The van der Waals surface area contributed by atoms with Crippen LogP contribution in [0, 0.1) is 0 Å². The van der Waals surface area contributed by atoms with E-state index >= 15 is 0 Å². The topological polar surface area (TPSA) is 70.6 Å². The number of amides is 1. The Morgan fingerprint density at radius 1 is 1.22 bits per heavy atom. The van der Waals surface area contributed by atoms with Crippen LogP contribution in [0.2, 0.25) is 0 Å². The SMILES string of the molecule is COc1ccc(C=CC(=O)NC(=S)Nc2cccc(O)c2)cc1. The van der Waals surface area contributed by atoms with Gasteiger partial charge in [0, 0.05) is 17.8 Å². The molecular weight excluding hydrogens is 312 g/mol. The van der Waals surface area contributed by atoms with Gasteiger partial charge in [-0.2, -0.15) is 0 Å². The normalized spacial score (nSPS) is 10.3. The maximum Gasteiger partial charge on any atom is 0.250 e. The minimum absolute atomic E-state index is 0.114. The van der Waals surface area contributed by atoms with Crippen molar-refractivity contribution in [3.63, 3.8) is 0 Å². The number of nitrogens with one attached hydrogen (secondary N) is 2. The first-order valence-corrected chi connectivity index (χ1v) is 7.21. The highest BCUT2D eigenvalue weighted by Gasteiger charge is 2.02. The molecule has 0 unspecified atom stereocenters. The van der Waals surface area contributed by atoms with Gasteiger partial charge in [0.15, 0.2) is 5.11 Å². The average molecular weight is 328 g/mol. The first-order valence-electron chi connectivity index (χ1n) is 6.80. The maximum atomic E-state index is 11.8. The molecule has 2 aromatic rings. The van der Waals surface area contributed by atoms with Crippen molar-refractivity contribution >= 4 is 35.0 Å². The lowest BCUT2D eigenvalue weighted by atomic mass is 10.2. The first kappa shape index (κ1) is 16.5. The largest absolute Gasteiger partial charge is 0.508 e. The summed E-state index contributed by atoms with van der Waals surface area (Å²) in [5.41, 5.74) is 1.46. The van der Waals surface area contributed by atoms with Gasteiger partial charge in [0.1, 0.15) is 11.5 Å². The molecule has 0 saturated heterocycles. The Balaban J connectivity index is 1.88. The molecule has 6 heteroatoms. The molecule has 0 spiro atoms. The van der Waals surface area contributed by atoms with Crippen molar-refractivity contribution in [1.82, 2.24) is 5.32 Å². The van der Waals surface area contributed by atoms with Gasteiger partial charge in [-0.05, 0) is 48.1 Å². The van der Waals surface area contributed by atoms with E-state index in [1.807, 2.05) is 24.3 Å². The van der Waals surface area contributed by atoms with Crippen LogP contribution < -0.4 is 15.4 Å². The maximum absolute atomic E-state index is 11.8. The highest BCUT2D eigenvalue weighted by molar-refractivity contribution is 7.80. The van der Waals surface area contributed by atoms with Crippen LogP contribution >= 0.6 is 12.2 Å². The molecule has 23 heavy (non-hydrogen) atoms. The highest BCUT2D eigenvalue weighted by atomic mass is 32.1. The monoisotopic (exact) mass is 328 g/mol. The van der Waals surface area contributed by atoms with Gasteiger partial charge < -0.3 is 15.2 Å². The van der Waals surface area contributed by atoms with E-state index in [1.165, 1.54) is 12.1 Å². The van der Waals surface area contributed by atoms with Crippen molar-refractivity contribution in [1.29, 1.82) is 0 Å². The number of carbonyl (C=O) groups excluding carboxylic acids is 1. The van der Waals surface area contributed by atoms with E-state index in [4.69, 9.17) is 17.0 Å². The van der Waals surface area contributed by atoms with E-state index in [9.17, 15) is 9.90 Å². The summed E-state index contributed by atoms with van der Waals surface area (Å²) in [4.78, 5) is 11.8. The van der Waals surface area contributed by atoms with Gasteiger partial charge in [-0.1, -0.05) is 18.2 Å². The predicted molar refractivity (Wildman–Crippen MR) is 94.5 cm³/mol. The molecule has 0 atom stereocenters. The van der Waals surface area contributed by atoms with E-state index in [-0.39, 0.29) is 16.8 Å². The molecule has 3 N–H and O–H groups in total. The first-order chi connectivity index (χ1) is 11.1. The zero-order chi connectivity index (χ0) is 16.7. The molecule has 0 heterocycles. The molecule has 0 aliphatic carbocycles. The second-order valence-corrected chi connectivity index (χ2v) is 5.01. The summed E-state index contributed by atoms with van der Waals surface area (Å²) in [5, 5.41) is 14.9. The van der Waals surface area contributed by atoms with Gasteiger partial charge in [0.2, 0.25) is 5.91 Å². The number of hydrogen-bond acceptors (Lipinski definition) is 4. The van der Waals surface area contributed by atoms with Crippen molar-refractivity contribution < 1.29 is 14.6 Å². The van der Waals surface area contributed by atoms with Crippen molar-refractivity contribution in [3.8, 4) is 11.5 Å². The summed E-state index contributed by atoms with van der Waals surface area (Å²) in [6.45, 7) is 0. The molecule has 5 nitrogen and oxygen atoms in total. The van der Waals surface area contributed by atoms with Crippen LogP contribution in [0.3, 0.4) is 0 Å². The summed E-state index contributed by atoms with van der Waals surface area (Å²) in [6, 6.07) is 13.8. The number of methoxy groups -OCH3 is 1. The Kier molecular flexibility index (Phi) is 5.71. The van der Waals surface area contributed by atoms with Crippen LogP contribution in [0.4, 0.5) is 5.69 Å².